The van der Waals surface area contributed by atoms with Crippen molar-refractivity contribution in [3.05, 3.63) is 0 Å². The Bertz CT molecular complexity index is 109. The number of nitrogens with two attached hydrogens (primary N) is 1. The first-order valence-corrected chi connectivity index (χ1v) is 3.97. The summed E-state index contributed by atoms with van der Waals surface area (Å²) in [5.41, 5.74) is 4.27. The normalized spacial score (nSPS) is 14.3. The molecule has 1 atom stereocenters. The van der Waals surface area contributed by atoms with Crippen LogP contribution in [0.15, 0.2) is 0 Å². The SMILES string of the molecule is CC.CCC(C)(CO)C(N)=O. The summed E-state index contributed by atoms with van der Waals surface area (Å²) in [6.07, 6.45) is 0.582. The van der Waals surface area contributed by atoms with Crippen LogP contribution >= 0.6 is 0 Å². The van der Waals surface area contributed by atoms with Crippen molar-refractivity contribution in [2.75, 3.05) is 6.61 Å². The van der Waals surface area contributed by atoms with E-state index in [4.69, 9.17) is 10.8 Å². The zero-order chi connectivity index (χ0) is 9.49. The van der Waals surface area contributed by atoms with Gasteiger partial charge >= 0.3 is 0 Å². The van der Waals surface area contributed by atoms with E-state index in [9.17, 15) is 4.79 Å². The van der Waals surface area contributed by atoms with Gasteiger partial charge in [-0.25, -0.2) is 0 Å². The van der Waals surface area contributed by atoms with Gasteiger partial charge in [0.1, 0.15) is 0 Å². The Hall–Kier alpha value is -0.570. The van der Waals surface area contributed by atoms with Crippen molar-refractivity contribution in [3.8, 4) is 0 Å². The fourth-order valence-corrected chi connectivity index (χ4v) is 0.364. The summed E-state index contributed by atoms with van der Waals surface area (Å²) in [6, 6.07) is 0. The average molecular weight is 161 g/mol. The molecule has 68 valence electrons. The van der Waals surface area contributed by atoms with Crippen LogP contribution in [0.5, 0.6) is 0 Å². The highest BCUT2D eigenvalue weighted by Gasteiger charge is 2.27. The van der Waals surface area contributed by atoms with Crippen molar-refractivity contribution in [2.24, 2.45) is 11.1 Å². The van der Waals surface area contributed by atoms with Crippen LogP contribution in [-0.4, -0.2) is 17.6 Å². The number of carbonyl (C=O) groups is 1. The van der Waals surface area contributed by atoms with Gasteiger partial charge in [0.2, 0.25) is 5.91 Å². The number of aliphatic hydroxyl groups is 1. The molecule has 0 heterocycles. The van der Waals surface area contributed by atoms with Crippen LogP contribution in [0.1, 0.15) is 34.1 Å². The van der Waals surface area contributed by atoms with Crippen LogP contribution in [0.4, 0.5) is 0 Å². The number of carbonyl (C=O) groups excluding carboxylic acids is 1. The molecule has 0 aliphatic rings. The molecule has 0 fully saturated rings. The fraction of sp³-hybridized carbons (Fsp3) is 0.875. The van der Waals surface area contributed by atoms with Crippen molar-refractivity contribution in [1.29, 1.82) is 0 Å². The van der Waals surface area contributed by atoms with Crippen LogP contribution in [0, 0.1) is 5.41 Å². The topological polar surface area (TPSA) is 63.3 Å². The number of hydrogen-bond acceptors (Lipinski definition) is 2. The Morgan fingerprint density at radius 1 is 1.55 bits per heavy atom. The first kappa shape index (κ1) is 13.1. The summed E-state index contributed by atoms with van der Waals surface area (Å²) < 4.78 is 0. The zero-order valence-corrected chi connectivity index (χ0v) is 7.85. The van der Waals surface area contributed by atoms with Crippen LogP contribution < -0.4 is 5.73 Å². The molecular weight excluding hydrogens is 142 g/mol. The molecule has 0 aliphatic heterocycles. The quantitative estimate of drug-likeness (QED) is 0.646. The molecule has 0 spiro atoms. The fourth-order valence-electron chi connectivity index (χ4n) is 0.364. The Morgan fingerprint density at radius 3 is 1.91 bits per heavy atom. The molecule has 0 saturated carbocycles. The van der Waals surface area contributed by atoms with Gasteiger partial charge in [-0.15, -0.1) is 0 Å². The van der Waals surface area contributed by atoms with Crippen molar-refractivity contribution in [2.45, 2.75) is 34.1 Å². The summed E-state index contributed by atoms with van der Waals surface area (Å²) in [5, 5.41) is 8.65. The summed E-state index contributed by atoms with van der Waals surface area (Å²) in [6.45, 7) is 7.30. The van der Waals surface area contributed by atoms with Crippen LogP contribution in [-0.2, 0) is 4.79 Å². The molecule has 0 aliphatic carbocycles. The maximum absolute atomic E-state index is 10.5. The van der Waals surface area contributed by atoms with Crippen LogP contribution in [0.25, 0.3) is 0 Å². The van der Waals surface area contributed by atoms with Crippen LogP contribution in [0.2, 0.25) is 0 Å². The molecule has 0 aromatic carbocycles. The summed E-state index contributed by atoms with van der Waals surface area (Å²) >= 11 is 0. The minimum atomic E-state index is -0.722. The standard InChI is InChI=1S/C6H13NO2.C2H6/c1-3-6(2,4-8)5(7)9;1-2/h8H,3-4H2,1-2H3,(H2,7,9);1-2H3. The summed E-state index contributed by atoms with van der Waals surface area (Å²) in [4.78, 5) is 10.5. The van der Waals surface area contributed by atoms with Gasteiger partial charge in [0.05, 0.1) is 12.0 Å². The average Bonchev–Trinajstić information content (AvgIpc) is 2.06. The van der Waals surface area contributed by atoms with Crippen molar-refractivity contribution in [1.82, 2.24) is 0 Å². The van der Waals surface area contributed by atoms with E-state index in [0.29, 0.717) is 6.42 Å². The number of amides is 1. The van der Waals surface area contributed by atoms with E-state index in [1.54, 1.807) is 6.92 Å². The number of rotatable bonds is 3. The minimum Gasteiger partial charge on any atom is -0.395 e. The first-order valence-electron chi connectivity index (χ1n) is 3.97. The van der Waals surface area contributed by atoms with E-state index in [-0.39, 0.29) is 6.61 Å². The third-order valence-electron chi connectivity index (χ3n) is 1.72. The molecule has 3 nitrogen and oxygen atoms in total. The molecule has 3 N–H and O–H groups in total. The molecule has 0 aromatic rings. The molecule has 1 amide bonds. The Kier molecular flexibility index (Phi) is 7.31. The molecule has 0 rings (SSSR count). The monoisotopic (exact) mass is 161 g/mol. The largest absolute Gasteiger partial charge is 0.395 e. The van der Waals surface area contributed by atoms with Gasteiger partial charge in [0.25, 0.3) is 0 Å². The van der Waals surface area contributed by atoms with Crippen molar-refractivity contribution >= 4 is 5.91 Å². The Labute approximate surface area is 68.6 Å². The Balaban J connectivity index is 0. The van der Waals surface area contributed by atoms with E-state index in [0.717, 1.165) is 0 Å². The summed E-state index contributed by atoms with van der Waals surface area (Å²) in [5.74, 6) is -0.437. The molecule has 1 unspecified atom stereocenters. The van der Waals surface area contributed by atoms with Crippen LogP contribution in [0.3, 0.4) is 0 Å². The van der Waals surface area contributed by atoms with Gasteiger partial charge in [0.15, 0.2) is 0 Å². The maximum Gasteiger partial charge on any atom is 0.225 e. The molecule has 11 heavy (non-hydrogen) atoms. The highest BCUT2D eigenvalue weighted by molar-refractivity contribution is 5.80. The zero-order valence-electron chi connectivity index (χ0n) is 7.85. The second-order valence-electron chi connectivity index (χ2n) is 2.44. The van der Waals surface area contributed by atoms with Gasteiger partial charge in [-0.2, -0.15) is 0 Å². The maximum atomic E-state index is 10.5. The molecule has 3 heteroatoms. The first-order chi connectivity index (χ1) is 5.06. The lowest BCUT2D eigenvalue weighted by molar-refractivity contribution is -0.129. The lowest BCUT2D eigenvalue weighted by atomic mass is 9.88. The summed E-state index contributed by atoms with van der Waals surface area (Å²) in [7, 11) is 0. The highest BCUT2D eigenvalue weighted by Crippen LogP contribution is 2.18. The van der Waals surface area contributed by atoms with Gasteiger partial charge in [0, 0.05) is 0 Å². The lowest BCUT2D eigenvalue weighted by Gasteiger charge is -2.20. The lowest BCUT2D eigenvalue weighted by Crippen LogP contribution is -2.36. The van der Waals surface area contributed by atoms with Crippen molar-refractivity contribution in [3.63, 3.8) is 0 Å². The third kappa shape index (κ3) is 3.98. The third-order valence-corrected chi connectivity index (χ3v) is 1.72. The Morgan fingerprint density at radius 2 is 1.91 bits per heavy atom. The minimum absolute atomic E-state index is 0.168. The van der Waals surface area contributed by atoms with Gasteiger partial charge in [-0.1, -0.05) is 20.8 Å². The van der Waals surface area contributed by atoms with E-state index < -0.39 is 11.3 Å². The van der Waals surface area contributed by atoms with Gasteiger partial charge in [-0.05, 0) is 13.3 Å². The molecule has 0 bridgehead atoms. The van der Waals surface area contributed by atoms with E-state index in [2.05, 4.69) is 0 Å². The van der Waals surface area contributed by atoms with Gasteiger partial charge in [-0.3, -0.25) is 4.79 Å². The molecule has 0 saturated heterocycles. The molecular formula is C8H19NO2. The smallest absolute Gasteiger partial charge is 0.225 e. The highest BCUT2D eigenvalue weighted by atomic mass is 16.3. The number of aliphatic hydroxyl groups excluding tert-OH is 1. The predicted molar refractivity (Wildman–Crippen MR) is 46.0 cm³/mol. The molecule has 0 radical (unpaired) electrons. The second kappa shape index (κ2) is 6.16. The van der Waals surface area contributed by atoms with E-state index >= 15 is 0 Å². The van der Waals surface area contributed by atoms with E-state index in [1.807, 2.05) is 20.8 Å². The predicted octanol–water partition coefficient (Wildman–Crippen LogP) is 0.907. The number of primary amides is 1. The number of hydrogen-bond donors (Lipinski definition) is 2. The molecule has 0 aromatic heterocycles. The van der Waals surface area contributed by atoms with E-state index in [1.165, 1.54) is 0 Å². The second-order valence-corrected chi connectivity index (χ2v) is 2.44. The van der Waals surface area contributed by atoms with Crippen molar-refractivity contribution < 1.29 is 9.90 Å². The van der Waals surface area contributed by atoms with Gasteiger partial charge < -0.3 is 10.8 Å².